The van der Waals surface area contributed by atoms with Crippen LogP contribution in [0.15, 0.2) is 60.7 Å². The van der Waals surface area contributed by atoms with E-state index in [0.29, 0.717) is 71.9 Å². The van der Waals surface area contributed by atoms with Crippen molar-refractivity contribution >= 4 is 30.0 Å². The Morgan fingerprint density at radius 1 is 0.561 bits per heavy atom. The van der Waals surface area contributed by atoms with Gasteiger partial charge in [0.15, 0.2) is 0 Å². The summed E-state index contributed by atoms with van der Waals surface area (Å²) in [5.41, 5.74) is 1.23. The van der Waals surface area contributed by atoms with Crippen LogP contribution in [0.3, 0.4) is 0 Å². The summed E-state index contributed by atoms with van der Waals surface area (Å²) in [7, 11) is 0. The highest BCUT2D eigenvalue weighted by atomic mass is 16.6. The topological polar surface area (TPSA) is 198 Å². The van der Waals surface area contributed by atoms with E-state index < -0.39 is 23.8 Å². The first-order valence-corrected chi connectivity index (χ1v) is 19.5. The number of carbonyl (C=O) groups is 5. The van der Waals surface area contributed by atoms with Crippen LogP contribution in [0.2, 0.25) is 0 Å². The highest BCUT2D eigenvalue weighted by Gasteiger charge is 2.20. The van der Waals surface area contributed by atoms with Gasteiger partial charge in [-0.25, -0.2) is 9.59 Å². The highest BCUT2D eigenvalue weighted by molar-refractivity contribution is 5.87. The molecular weight excluding hydrogens is 740 g/mol. The van der Waals surface area contributed by atoms with Gasteiger partial charge in [0.1, 0.15) is 24.9 Å². The van der Waals surface area contributed by atoms with Crippen LogP contribution >= 0.6 is 0 Å². The molecule has 16 nitrogen and oxygen atoms in total. The molecule has 0 unspecified atom stereocenters. The fourth-order valence-electron chi connectivity index (χ4n) is 4.87. The van der Waals surface area contributed by atoms with Crippen molar-refractivity contribution < 1.29 is 57.1 Å². The highest BCUT2D eigenvalue weighted by Crippen LogP contribution is 2.08. The number of carbonyl (C=O) groups excluding carboxylic acids is 5. The lowest BCUT2D eigenvalue weighted by Gasteiger charge is -2.19. The van der Waals surface area contributed by atoms with Gasteiger partial charge in [-0.15, -0.1) is 0 Å². The second-order valence-corrected chi connectivity index (χ2v) is 13.8. The van der Waals surface area contributed by atoms with Crippen LogP contribution in [0, 0.1) is 0 Å². The Morgan fingerprint density at radius 3 is 1.58 bits per heavy atom. The molecule has 0 aliphatic carbocycles. The quantitative estimate of drug-likeness (QED) is 0.0500. The summed E-state index contributed by atoms with van der Waals surface area (Å²) in [6, 6.07) is 17.8. The Bertz CT molecular complexity index is 1410. The molecule has 0 heterocycles. The molecule has 4 N–H and O–H groups in total. The predicted molar refractivity (Wildman–Crippen MR) is 211 cm³/mol. The van der Waals surface area contributed by atoms with E-state index in [0.717, 1.165) is 11.1 Å². The van der Waals surface area contributed by atoms with E-state index in [1.165, 1.54) is 0 Å². The molecule has 2 aromatic rings. The van der Waals surface area contributed by atoms with Crippen LogP contribution in [-0.2, 0) is 60.8 Å². The number of alkyl carbamates (subject to hydrolysis) is 2. The molecule has 0 saturated heterocycles. The largest absolute Gasteiger partial charge is 0.460 e. The van der Waals surface area contributed by atoms with E-state index in [1.807, 2.05) is 81.4 Å². The lowest BCUT2D eigenvalue weighted by atomic mass is 10.1. The molecule has 2 aromatic carbocycles. The second kappa shape index (κ2) is 30.4. The van der Waals surface area contributed by atoms with Gasteiger partial charge >= 0.3 is 18.2 Å². The van der Waals surface area contributed by atoms with Gasteiger partial charge in [0.05, 0.1) is 59.3 Å². The van der Waals surface area contributed by atoms with E-state index in [2.05, 4.69) is 21.3 Å². The number of esters is 1. The van der Waals surface area contributed by atoms with Crippen LogP contribution in [-0.4, -0.2) is 114 Å². The van der Waals surface area contributed by atoms with Crippen molar-refractivity contribution in [2.75, 3.05) is 72.5 Å². The normalized spacial score (nSPS) is 11.6. The number of benzene rings is 2. The molecule has 0 spiro atoms. The average Bonchev–Trinajstić information content (AvgIpc) is 3.18. The van der Waals surface area contributed by atoms with E-state index in [9.17, 15) is 24.0 Å². The van der Waals surface area contributed by atoms with Crippen molar-refractivity contribution in [2.24, 2.45) is 0 Å². The molecular formula is C41H62N4O12. The molecule has 0 radical (unpaired) electrons. The van der Waals surface area contributed by atoms with Crippen molar-refractivity contribution in [1.29, 1.82) is 0 Å². The maximum atomic E-state index is 13.1. The number of unbranched alkanes of at least 4 members (excludes halogenated alkanes) is 1. The predicted octanol–water partition coefficient (Wildman–Crippen LogP) is 4.19. The Morgan fingerprint density at radius 2 is 1.05 bits per heavy atom. The molecule has 0 saturated carbocycles. The van der Waals surface area contributed by atoms with Crippen LogP contribution in [0.1, 0.15) is 70.4 Å². The van der Waals surface area contributed by atoms with Crippen LogP contribution in [0.25, 0.3) is 0 Å². The third-order valence-corrected chi connectivity index (χ3v) is 7.65. The van der Waals surface area contributed by atoms with Crippen LogP contribution in [0.4, 0.5) is 9.59 Å². The summed E-state index contributed by atoms with van der Waals surface area (Å²) in [4.78, 5) is 61.5. The molecule has 0 fully saturated rings. The van der Waals surface area contributed by atoms with E-state index in [-0.39, 0.29) is 70.1 Å². The number of hydrogen-bond acceptors (Lipinski definition) is 12. The summed E-state index contributed by atoms with van der Waals surface area (Å²) in [5.74, 6) is -0.989. The summed E-state index contributed by atoms with van der Waals surface area (Å²) in [6.45, 7) is 9.21. The number of nitrogens with one attached hydrogen (secondary N) is 4. The average molecular weight is 803 g/mol. The molecule has 57 heavy (non-hydrogen) atoms. The molecule has 0 bridgehead atoms. The summed E-state index contributed by atoms with van der Waals surface area (Å²) in [5, 5.41) is 10.9. The minimum absolute atomic E-state index is 0.0926. The fraction of sp³-hybridized carbons (Fsp3) is 0.585. The maximum absolute atomic E-state index is 13.1. The van der Waals surface area contributed by atoms with Gasteiger partial charge in [0.25, 0.3) is 0 Å². The number of rotatable bonds is 30. The number of amides is 4. The zero-order valence-corrected chi connectivity index (χ0v) is 33.7. The monoisotopic (exact) mass is 802 g/mol. The Labute approximate surface area is 336 Å². The SMILES string of the molecule is CC(C)(C)OC(=O)CCOCCOCCOCCOCCNC(=O)[C@H](CCCCNC(=O)OCc1ccccc1)NC(=O)CCCNC(=O)OCc1ccccc1. The van der Waals surface area contributed by atoms with Gasteiger partial charge in [-0.05, 0) is 57.6 Å². The third kappa shape index (κ3) is 27.5. The third-order valence-electron chi connectivity index (χ3n) is 7.65. The zero-order chi connectivity index (χ0) is 41.4. The van der Waals surface area contributed by atoms with Crippen LogP contribution < -0.4 is 21.3 Å². The minimum atomic E-state index is -0.801. The first kappa shape index (κ1) is 48.4. The van der Waals surface area contributed by atoms with Gasteiger partial charge in [-0.1, -0.05) is 60.7 Å². The zero-order valence-electron chi connectivity index (χ0n) is 33.7. The first-order chi connectivity index (χ1) is 27.5. The Hall–Kier alpha value is -4.77. The van der Waals surface area contributed by atoms with E-state index in [4.69, 9.17) is 33.2 Å². The molecule has 0 aromatic heterocycles. The van der Waals surface area contributed by atoms with Gasteiger partial charge in [0.2, 0.25) is 11.8 Å². The molecule has 4 amide bonds. The number of hydrogen-bond donors (Lipinski definition) is 4. The van der Waals surface area contributed by atoms with E-state index >= 15 is 0 Å². The van der Waals surface area contributed by atoms with Gasteiger partial charge < -0.3 is 54.4 Å². The molecule has 1 atom stereocenters. The Kier molecular flexibility index (Phi) is 25.8. The first-order valence-electron chi connectivity index (χ1n) is 19.5. The molecule has 16 heteroatoms. The van der Waals surface area contributed by atoms with Crippen molar-refractivity contribution in [2.45, 2.75) is 84.2 Å². The second-order valence-electron chi connectivity index (χ2n) is 13.8. The minimum Gasteiger partial charge on any atom is -0.460 e. The lowest BCUT2D eigenvalue weighted by Crippen LogP contribution is -2.47. The van der Waals surface area contributed by atoms with Crippen molar-refractivity contribution in [3.05, 3.63) is 71.8 Å². The number of ether oxygens (including phenoxy) is 7. The van der Waals surface area contributed by atoms with Crippen LogP contribution in [0.5, 0.6) is 0 Å². The van der Waals surface area contributed by atoms with Crippen molar-refractivity contribution in [3.63, 3.8) is 0 Å². The van der Waals surface area contributed by atoms with Gasteiger partial charge in [-0.2, -0.15) is 0 Å². The van der Waals surface area contributed by atoms with E-state index in [1.54, 1.807) is 0 Å². The molecule has 318 valence electrons. The smallest absolute Gasteiger partial charge is 0.407 e. The fourth-order valence-corrected chi connectivity index (χ4v) is 4.87. The Balaban J connectivity index is 1.60. The molecule has 0 aliphatic rings. The van der Waals surface area contributed by atoms with Gasteiger partial charge in [0, 0.05) is 26.1 Å². The van der Waals surface area contributed by atoms with Gasteiger partial charge in [-0.3, -0.25) is 14.4 Å². The molecule has 2 rings (SSSR count). The summed E-state index contributed by atoms with van der Waals surface area (Å²) < 4.78 is 37.5. The van der Waals surface area contributed by atoms with Crippen molar-refractivity contribution in [1.82, 2.24) is 21.3 Å². The summed E-state index contributed by atoms with van der Waals surface area (Å²) in [6.07, 6.45) is 0.970. The summed E-state index contributed by atoms with van der Waals surface area (Å²) >= 11 is 0. The van der Waals surface area contributed by atoms with Crippen molar-refractivity contribution in [3.8, 4) is 0 Å². The lowest BCUT2D eigenvalue weighted by molar-refractivity contribution is -0.156. The maximum Gasteiger partial charge on any atom is 0.407 e. The molecule has 0 aliphatic heterocycles. The standard InChI is InChI=1S/C41H62N4O12/c1-41(2,3)57-37(47)19-23-51-25-27-53-29-30-54-28-26-52-24-22-42-38(48)35(17-10-11-20-43-39(49)55-31-33-13-6-4-7-14-33)45-36(46)18-12-21-44-40(50)56-32-34-15-8-5-9-16-34/h4-9,13-16,35H,10-12,17-32H2,1-3H3,(H,42,48)(H,43,49)(H,44,50)(H,45,46)/t35-/m0/s1.